The minimum atomic E-state index is -4.32. The van der Waals surface area contributed by atoms with E-state index in [2.05, 4.69) is 19.2 Å². The van der Waals surface area contributed by atoms with Gasteiger partial charge in [0, 0.05) is 6.42 Å². The van der Waals surface area contributed by atoms with Crippen LogP contribution in [0.4, 0.5) is 0 Å². The molecule has 2 atom stereocenters. The lowest BCUT2D eigenvalue weighted by molar-refractivity contribution is -0.122. The Balaban J connectivity index is 4.03. The van der Waals surface area contributed by atoms with Gasteiger partial charge in [-0.3, -0.25) is 9.35 Å². The van der Waals surface area contributed by atoms with Gasteiger partial charge in [0.05, 0.1) is 17.9 Å². The van der Waals surface area contributed by atoms with E-state index in [9.17, 15) is 22.9 Å². The van der Waals surface area contributed by atoms with Crippen LogP contribution in [0.5, 0.6) is 0 Å². The van der Waals surface area contributed by atoms with Crippen molar-refractivity contribution in [1.82, 2.24) is 5.32 Å². The van der Waals surface area contributed by atoms with Crippen LogP contribution in [0.15, 0.2) is 12.2 Å². The minimum absolute atomic E-state index is 0.284. The van der Waals surface area contributed by atoms with Crippen molar-refractivity contribution in [2.24, 2.45) is 0 Å². The monoisotopic (exact) mass is 559 g/mol. The molecule has 0 aliphatic carbocycles. The molecule has 2 unspecified atom stereocenters. The van der Waals surface area contributed by atoms with Crippen molar-refractivity contribution >= 4 is 16.0 Å². The fourth-order valence-electron chi connectivity index (χ4n) is 4.80. The number of carbonyl (C=O) groups excluding carboxylic acids is 1. The first-order valence-corrected chi connectivity index (χ1v) is 17.5. The van der Waals surface area contributed by atoms with E-state index in [4.69, 9.17) is 0 Å². The Hall–Kier alpha value is -0.920. The fourth-order valence-corrected chi connectivity index (χ4v) is 5.53. The number of amides is 1. The van der Waals surface area contributed by atoms with E-state index in [1.807, 2.05) is 6.08 Å². The number of nitrogens with one attached hydrogen (secondary N) is 1. The summed E-state index contributed by atoms with van der Waals surface area (Å²) in [5.41, 5.74) is 0. The highest BCUT2D eigenvalue weighted by Crippen LogP contribution is 2.14. The third kappa shape index (κ3) is 26.7. The average molecular weight is 560 g/mol. The first kappa shape index (κ1) is 37.1. The third-order valence-electron chi connectivity index (χ3n) is 7.21. The van der Waals surface area contributed by atoms with Gasteiger partial charge in [-0.1, -0.05) is 148 Å². The van der Waals surface area contributed by atoms with E-state index in [1.165, 1.54) is 103 Å². The molecule has 0 saturated heterocycles. The summed E-state index contributed by atoms with van der Waals surface area (Å²) in [5.74, 6) is -0.978. The molecule has 0 aliphatic rings. The molecule has 0 heterocycles. The van der Waals surface area contributed by atoms with E-state index in [0.29, 0.717) is 6.42 Å². The summed E-state index contributed by atoms with van der Waals surface area (Å²) in [4.78, 5) is 12.3. The van der Waals surface area contributed by atoms with E-state index in [1.54, 1.807) is 6.08 Å². The van der Waals surface area contributed by atoms with Crippen molar-refractivity contribution in [3.05, 3.63) is 12.2 Å². The zero-order valence-electron chi connectivity index (χ0n) is 24.8. The Labute approximate surface area is 235 Å². The van der Waals surface area contributed by atoms with Crippen LogP contribution >= 0.6 is 0 Å². The summed E-state index contributed by atoms with van der Waals surface area (Å²) in [7, 11) is -4.32. The number of aliphatic hydroxyl groups excluding tert-OH is 1. The zero-order chi connectivity index (χ0) is 28.3. The standard InChI is InChI=1S/C31H61NO5S/c1-3-5-7-9-11-13-14-15-16-17-18-19-20-22-24-26-30(33)29(28-38(35,36)37)32-31(34)27-25-23-21-12-10-8-6-4-2/h24,26,29-30,33H,3-23,25,27-28H2,1-2H3,(H,32,34)(H,35,36,37)/b26-24+. The maximum absolute atomic E-state index is 12.3. The van der Waals surface area contributed by atoms with Crippen LogP contribution in [-0.4, -0.2) is 41.9 Å². The van der Waals surface area contributed by atoms with Gasteiger partial charge in [-0.05, 0) is 19.3 Å². The van der Waals surface area contributed by atoms with Crippen molar-refractivity contribution in [2.75, 3.05) is 5.75 Å². The van der Waals surface area contributed by atoms with Crippen LogP contribution in [-0.2, 0) is 14.9 Å². The lowest BCUT2D eigenvalue weighted by atomic mass is 10.0. The molecule has 1 amide bonds. The number of aliphatic hydroxyl groups is 1. The number of hydrogen-bond acceptors (Lipinski definition) is 4. The van der Waals surface area contributed by atoms with Gasteiger partial charge in [-0.2, -0.15) is 8.42 Å². The van der Waals surface area contributed by atoms with Crippen LogP contribution < -0.4 is 5.32 Å². The van der Waals surface area contributed by atoms with Gasteiger partial charge in [0.15, 0.2) is 0 Å². The normalized spacial score (nSPS) is 13.7. The molecule has 0 spiro atoms. The van der Waals surface area contributed by atoms with Crippen molar-refractivity contribution in [3.63, 3.8) is 0 Å². The van der Waals surface area contributed by atoms with Crippen molar-refractivity contribution in [3.8, 4) is 0 Å². The number of hydrogen-bond donors (Lipinski definition) is 3. The molecule has 0 fully saturated rings. The van der Waals surface area contributed by atoms with Crippen LogP contribution in [0, 0.1) is 0 Å². The highest BCUT2D eigenvalue weighted by molar-refractivity contribution is 7.85. The molecule has 3 N–H and O–H groups in total. The Bertz CT molecular complexity index is 665. The summed E-state index contributed by atoms with van der Waals surface area (Å²) < 4.78 is 32.1. The number of rotatable bonds is 28. The maximum atomic E-state index is 12.3. The number of unbranched alkanes of at least 4 members (excludes halogenated alkanes) is 20. The van der Waals surface area contributed by atoms with Crippen molar-refractivity contribution < 1.29 is 22.9 Å². The Morgan fingerprint density at radius 2 is 1.08 bits per heavy atom. The van der Waals surface area contributed by atoms with Crippen LogP contribution in [0.3, 0.4) is 0 Å². The van der Waals surface area contributed by atoms with Crippen molar-refractivity contribution in [1.29, 1.82) is 0 Å². The van der Waals surface area contributed by atoms with Gasteiger partial charge in [0.1, 0.15) is 0 Å². The molecule has 0 rings (SSSR count). The molecule has 6 nitrogen and oxygen atoms in total. The molecule has 0 bridgehead atoms. The smallest absolute Gasteiger partial charge is 0.267 e. The Morgan fingerprint density at radius 3 is 1.50 bits per heavy atom. The van der Waals surface area contributed by atoms with E-state index in [0.717, 1.165) is 38.5 Å². The predicted octanol–water partition coefficient (Wildman–Crippen LogP) is 8.29. The molecular formula is C31H61NO5S. The van der Waals surface area contributed by atoms with Gasteiger partial charge in [0.25, 0.3) is 10.1 Å². The van der Waals surface area contributed by atoms with E-state index >= 15 is 0 Å². The summed E-state index contributed by atoms with van der Waals surface area (Å²) >= 11 is 0. The maximum Gasteiger partial charge on any atom is 0.267 e. The number of allylic oxidation sites excluding steroid dienone is 1. The molecule has 0 aliphatic heterocycles. The molecule has 0 aromatic carbocycles. The van der Waals surface area contributed by atoms with Gasteiger partial charge >= 0.3 is 0 Å². The SMILES string of the molecule is CCCCCCCCCCCCCCC/C=C/C(O)C(CS(=O)(=O)O)NC(=O)CCCCCCCCCC. The minimum Gasteiger partial charge on any atom is -0.387 e. The first-order chi connectivity index (χ1) is 18.3. The predicted molar refractivity (Wildman–Crippen MR) is 161 cm³/mol. The summed E-state index contributed by atoms with van der Waals surface area (Å²) in [6.45, 7) is 4.45. The molecule has 0 aromatic rings. The molecule has 0 radical (unpaired) electrons. The molecule has 7 heteroatoms. The van der Waals surface area contributed by atoms with Gasteiger partial charge in [-0.25, -0.2) is 0 Å². The molecule has 226 valence electrons. The second kappa shape index (κ2) is 26.3. The summed E-state index contributed by atoms with van der Waals surface area (Å²) in [6, 6.07) is -1.05. The molecule has 0 saturated carbocycles. The molecule has 38 heavy (non-hydrogen) atoms. The summed E-state index contributed by atoms with van der Waals surface area (Å²) in [5, 5.41) is 13.1. The third-order valence-corrected chi connectivity index (χ3v) is 7.99. The van der Waals surface area contributed by atoms with E-state index < -0.39 is 28.0 Å². The first-order valence-electron chi connectivity index (χ1n) is 15.9. The van der Waals surface area contributed by atoms with Gasteiger partial charge in [-0.15, -0.1) is 0 Å². The lowest BCUT2D eigenvalue weighted by Crippen LogP contribution is -2.46. The second-order valence-corrected chi connectivity index (χ2v) is 12.6. The molecular weight excluding hydrogens is 498 g/mol. The zero-order valence-corrected chi connectivity index (χ0v) is 25.6. The van der Waals surface area contributed by atoms with Crippen LogP contribution in [0.1, 0.15) is 162 Å². The number of carbonyl (C=O) groups is 1. The van der Waals surface area contributed by atoms with Gasteiger partial charge in [0.2, 0.25) is 5.91 Å². The molecule has 0 aromatic heterocycles. The van der Waals surface area contributed by atoms with Gasteiger partial charge < -0.3 is 10.4 Å². The largest absolute Gasteiger partial charge is 0.387 e. The highest BCUT2D eigenvalue weighted by Gasteiger charge is 2.24. The Morgan fingerprint density at radius 1 is 0.684 bits per heavy atom. The van der Waals surface area contributed by atoms with Crippen LogP contribution in [0.2, 0.25) is 0 Å². The quantitative estimate of drug-likeness (QED) is 0.0508. The second-order valence-electron chi connectivity index (χ2n) is 11.1. The lowest BCUT2D eigenvalue weighted by Gasteiger charge is -2.21. The van der Waals surface area contributed by atoms with Crippen LogP contribution in [0.25, 0.3) is 0 Å². The van der Waals surface area contributed by atoms with E-state index in [-0.39, 0.29) is 5.91 Å². The average Bonchev–Trinajstić information content (AvgIpc) is 2.86. The van der Waals surface area contributed by atoms with Crippen molar-refractivity contribution in [2.45, 2.75) is 174 Å². The fraction of sp³-hybridized carbons (Fsp3) is 0.903. The summed E-state index contributed by atoms with van der Waals surface area (Å²) in [6.07, 6.45) is 29.2. The highest BCUT2D eigenvalue weighted by atomic mass is 32.2. The Kier molecular flexibility index (Phi) is 25.7. The topological polar surface area (TPSA) is 104 Å².